The van der Waals surface area contributed by atoms with Crippen molar-refractivity contribution in [3.8, 4) is 0 Å². The van der Waals surface area contributed by atoms with Crippen LogP contribution in [0.5, 0.6) is 0 Å². The number of rotatable bonds is 3. The molecule has 0 aliphatic carbocycles. The van der Waals surface area contributed by atoms with Gasteiger partial charge < -0.3 is 9.80 Å². The Hall–Kier alpha value is -2.75. The lowest BCUT2D eigenvalue weighted by atomic mass is 9.96. The molecule has 3 aromatic heterocycles. The monoisotopic (exact) mass is 386 g/mol. The normalized spacial score (nSPS) is 15.0. The minimum atomic E-state index is -0.146. The number of hydrogen-bond donors (Lipinski definition) is 1. The van der Waals surface area contributed by atoms with E-state index in [-0.39, 0.29) is 17.5 Å². The van der Waals surface area contributed by atoms with Gasteiger partial charge in [0.2, 0.25) is 0 Å². The molecule has 1 N–H and O–H groups in total. The van der Waals surface area contributed by atoms with Crippen molar-refractivity contribution in [2.75, 3.05) is 30.4 Å². The van der Waals surface area contributed by atoms with Crippen molar-refractivity contribution >= 4 is 34.0 Å². The van der Waals surface area contributed by atoms with Gasteiger partial charge in [0.25, 0.3) is 0 Å². The fraction of sp³-hybridized carbons (Fsp3) is 0.471. The molecule has 4 heterocycles. The van der Waals surface area contributed by atoms with Gasteiger partial charge in [0.1, 0.15) is 5.82 Å². The van der Waals surface area contributed by atoms with Crippen molar-refractivity contribution in [3.63, 3.8) is 0 Å². The maximum Gasteiger partial charge on any atom is 0.323 e. The van der Waals surface area contributed by atoms with Crippen LogP contribution in [0.2, 0.25) is 0 Å². The summed E-state index contributed by atoms with van der Waals surface area (Å²) in [5, 5.41) is 18.4. The fourth-order valence-corrected chi connectivity index (χ4v) is 3.45. The number of nitrogens with one attached hydrogen (secondary N) is 1. The molecule has 0 atom stereocenters. The summed E-state index contributed by atoms with van der Waals surface area (Å²) in [6.07, 6.45) is 1.67. The van der Waals surface area contributed by atoms with Crippen molar-refractivity contribution in [1.82, 2.24) is 29.7 Å². The Bertz CT molecular complexity index is 955. The number of urea groups is 1. The average molecular weight is 386 g/mol. The van der Waals surface area contributed by atoms with Gasteiger partial charge in [-0.3, -0.25) is 5.32 Å². The Morgan fingerprint density at radius 2 is 2.07 bits per heavy atom. The third-order valence-corrected chi connectivity index (χ3v) is 5.31. The molecule has 0 spiro atoms. The molecule has 0 aromatic carbocycles. The molecule has 9 nitrogen and oxygen atoms in total. The van der Waals surface area contributed by atoms with Crippen LogP contribution < -0.4 is 10.2 Å². The van der Waals surface area contributed by atoms with Crippen LogP contribution in [-0.2, 0) is 5.41 Å². The summed E-state index contributed by atoms with van der Waals surface area (Å²) >= 11 is 1.40. The molecule has 4 rings (SSSR count). The van der Waals surface area contributed by atoms with Crippen molar-refractivity contribution in [3.05, 3.63) is 29.5 Å². The second-order valence-electron chi connectivity index (χ2n) is 7.67. The molecule has 2 amide bonds. The first kappa shape index (κ1) is 17.7. The number of carbonyl (C=O) groups is 1. The number of nitrogens with zero attached hydrogens (tertiary/aromatic N) is 7. The van der Waals surface area contributed by atoms with Crippen molar-refractivity contribution in [2.45, 2.75) is 32.2 Å². The number of carbonyl (C=O) groups excluding carboxylic acids is 1. The molecule has 1 aliphatic heterocycles. The highest BCUT2D eigenvalue weighted by atomic mass is 32.1. The van der Waals surface area contributed by atoms with E-state index in [1.807, 2.05) is 22.0 Å². The Balaban J connectivity index is 1.44. The predicted octanol–water partition coefficient (Wildman–Crippen LogP) is 2.23. The minimum Gasteiger partial charge on any atom is -0.351 e. The maximum atomic E-state index is 12.3. The zero-order valence-electron chi connectivity index (χ0n) is 15.7. The van der Waals surface area contributed by atoms with E-state index in [1.54, 1.807) is 18.1 Å². The average Bonchev–Trinajstić information content (AvgIpc) is 3.21. The zero-order valence-corrected chi connectivity index (χ0v) is 16.6. The Morgan fingerprint density at radius 3 is 2.74 bits per heavy atom. The molecule has 1 saturated heterocycles. The number of hydrogen-bond acceptors (Lipinski definition) is 7. The van der Waals surface area contributed by atoms with E-state index in [4.69, 9.17) is 5.10 Å². The molecule has 0 unspecified atom stereocenters. The molecular formula is C17H22N8OS. The number of likely N-dealkylation sites (N-methyl/N-ethyl adjacent to an activating group) is 1. The Morgan fingerprint density at radius 1 is 1.30 bits per heavy atom. The number of anilines is 2. The van der Waals surface area contributed by atoms with Gasteiger partial charge in [-0.05, 0) is 12.1 Å². The second-order valence-corrected chi connectivity index (χ2v) is 8.57. The number of amides is 2. The standard InChI is InChI=1S/C17H22N8OS/c1-17(2,3)14-21-20-12-5-6-13(22-25(12)14)24-9-11(10-24)23(4)16(26)19-15-18-7-8-27-15/h5-8,11H,9-10H2,1-4H3,(H,18,19,26). The highest BCUT2D eigenvalue weighted by molar-refractivity contribution is 7.13. The lowest BCUT2D eigenvalue weighted by Gasteiger charge is -2.44. The van der Waals surface area contributed by atoms with E-state index in [0.717, 1.165) is 30.4 Å². The molecule has 142 valence electrons. The zero-order chi connectivity index (χ0) is 19.2. The third-order valence-electron chi connectivity index (χ3n) is 4.62. The van der Waals surface area contributed by atoms with Gasteiger partial charge in [-0.15, -0.1) is 26.6 Å². The van der Waals surface area contributed by atoms with E-state index >= 15 is 0 Å². The van der Waals surface area contributed by atoms with Crippen LogP contribution in [0, 0.1) is 0 Å². The largest absolute Gasteiger partial charge is 0.351 e. The molecule has 1 fully saturated rings. The van der Waals surface area contributed by atoms with E-state index in [9.17, 15) is 4.79 Å². The van der Waals surface area contributed by atoms with Crippen molar-refractivity contribution < 1.29 is 4.79 Å². The first-order chi connectivity index (χ1) is 12.8. The summed E-state index contributed by atoms with van der Waals surface area (Å²) in [4.78, 5) is 20.3. The van der Waals surface area contributed by atoms with Gasteiger partial charge in [0, 0.05) is 37.1 Å². The van der Waals surface area contributed by atoms with Crippen LogP contribution in [0.4, 0.5) is 15.7 Å². The highest BCUT2D eigenvalue weighted by Crippen LogP contribution is 2.25. The summed E-state index contributed by atoms with van der Waals surface area (Å²) < 4.78 is 1.81. The van der Waals surface area contributed by atoms with Crippen molar-refractivity contribution in [2.24, 2.45) is 0 Å². The Labute approximate surface area is 161 Å². The maximum absolute atomic E-state index is 12.3. The van der Waals surface area contributed by atoms with E-state index in [1.165, 1.54) is 11.3 Å². The molecular weight excluding hydrogens is 364 g/mol. The second kappa shape index (κ2) is 6.45. The van der Waals surface area contributed by atoms with Gasteiger partial charge in [0.05, 0.1) is 6.04 Å². The van der Waals surface area contributed by atoms with Crippen LogP contribution >= 0.6 is 11.3 Å². The number of fused-ring (bicyclic) bond motifs is 1. The summed E-state index contributed by atoms with van der Waals surface area (Å²) in [7, 11) is 1.80. The van der Waals surface area contributed by atoms with Gasteiger partial charge >= 0.3 is 6.03 Å². The van der Waals surface area contributed by atoms with Gasteiger partial charge in [-0.25, -0.2) is 9.78 Å². The van der Waals surface area contributed by atoms with Crippen molar-refractivity contribution in [1.29, 1.82) is 0 Å². The lowest BCUT2D eigenvalue weighted by Crippen LogP contribution is -2.60. The molecule has 0 radical (unpaired) electrons. The van der Waals surface area contributed by atoms with Crippen LogP contribution in [-0.4, -0.2) is 61.9 Å². The van der Waals surface area contributed by atoms with Crippen LogP contribution in [0.3, 0.4) is 0 Å². The first-order valence-electron chi connectivity index (χ1n) is 8.74. The first-order valence-corrected chi connectivity index (χ1v) is 9.62. The van der Waals surface area contributed by atoms with Gasteiger partial charge in [-0.1, -0.05) is 20.8 Å². The predicted molar refractivity (Wildman–Crippen MR) is 104 cm³/mol. The fourth-order valence-electron chi connectivity index (χ4n) is 2.93. The van der Waals surface area contributed by atoms with Crippen LogP contribution in [0.25, 0.3) is 5.65 Å². The van der Waals surface area contributed by atoms with E-state index in [0.29, 0.717) is 5.13 Å². The molecule has 3 aromatic rings. The van der Waals surface area contributed by atoms with Gasteiger partial charge in [-0.2, -0.15) is 4.52 Å². The molecule has 27 heavy (non-hydrogen) atoms. The summed E-state index contributed by atoms with van der Waals surface area (Å²) in [6.45, 7) is 7.73. The van der Waals surface area contributed by atoms with E-state index in [2.05, 4.69) is 46.2 Å². The number of aromatic nitrogens is 5. The minimum absolute atomic E-state index is 0.130. The quantitative estimate of drug-likeness (QED) is 0.742. The van der Waals surface area contributed by atoms with E-state index < -0.39 is 0 Å². The number of thiazole rings is 1. The molecule has 1 aliphatic rings. The SMILES string of the molecule is CN(C(=O)Nc1nccs1)C1CN(c2ccc3nnc(C(C)(C)C)n3n2)C1. The topological polar surface area (TPSA) is 91.5 Å². The molecule has 0 bridgehead atoms. The lowest BCUT2D eigenvalue weighted by molar-refractivity contribution is 0.191. The summed E-state index contributed by atoms with van der Waals surface area (Å²) in [6, 6.07) is 3.86. The molecule has 10 heteroatoms. The van der Waals surface area contributed by atoms with Crippen LogP contribution in [0.15, 0.2) is 23.7 Å². The Kier molecular flexibility index (Phi) is 4.22. The highest BCUT2D eigenvalue weighted by Gasteiger charge is 2.34. The third kappa shape index (κ3) is 3.32. The summed E-state index contributed by atoms with van der Waals surface area (Å²) in [5.74, 6) is 1.69. The van der Waals surface area contributed by atoms with Gasteiger partial charge in [0.15, 0.2) is 16.6 Å². The summed E-state index contributed by atoms with van der Waals surface area (Å²) in [5.41, 5.74) is 0.595. The molecule has 0 saturated carbocycles. The smallest absolute Gasteiger partial charge is 0.323 e. The van der Waals surface area contributed by atoms with Crippen LogP contribution in [0.1, 0.15) is 26.6 Å².